The monoisotopic (exact) mass is 310 g/mol. The number of nitrogens with zero attached hydrogens (tertiary/aromatic N) is 1. The lowest BCUT2D eigenvalue weighted by molar-refractivity contribution is 0.403. The summed E-state index contributed by atoms with van der Waals surface area (Å²) in [7, 11) is -1.08. The molecule has 0 aliphatic carbocycles. The predicted molar refractivity (Wildman–Crippen MR) is 79.4 cm³/mol. The van der Waals surface area contributed by atoms with E-state index in [1.54, 1.807) is 0 Å². The van der Waals surface area contributed by atoms with Gasteiger partial charge in [-0.15, -0.1) is 0 Å². The van der Waals surface area contributed by atoms with Gasteiger partial charge in [-0.2, -0.15) is 0 Å². The molecule has 21 heavy (non-hydrogen) atoms. The van der Waals surface area contributed by atoms with Crippen molar-refractivity contribution in [2.24, 2.45) is 0 Å². The molecule has 0 aromatic heterocycles. The van der Waals surface area contributed by atoms with E-state index in [0.29, 0.717) is 11.4 Å². The number of nitrogen functional groups attached to an aromatic ring is 1. The number of hydrogen-bond acceptors (Lipinski definition) is 4. The molecule has 0 heterocycles. The van der Waals surface area contributed by atoms with Crippen LogP contribution in [0, 0.1) is 5.82 Å². The fourth-order valence-corrected chi connectivity index (χ4v) is 3.17. The normalized spacial score (nSPS) is 11.2. The molecule has 0 atom stereocenters. The Morgan fingerprint density at radius 3 is 2.33 bits per heavy atom. The van der Waals surface area contributed by atoms with E-state index in [4.69, 9.17) is 10.5 Å². The van der Waals surface area contributed by atoms with E-state index in [9.17, 15) is 12.8 Å². The number of hydrogen-bond donors (Lipinski definition) is 1. The van der Waals surface area contributed by atoms with Gasteiger partial charge in [0.15, 0.2) is 0 Å². The number of nitrogens with two attached hydrogens (primary N) is 1. The summed E-state index contributed by atoms with van der Waals surface area (Å²) in [5, 5.41) is 0. The van der Waals surface area contributed by atoms with Crippen molar-refractivity contribution < 1.29 is 17.5 Å². The van der Waals surface area contributed by atoms with E-state index in [1.165, 1.54) is 56.6 Å². The van der Waals surface area contributed by atoms with Crippen LogP contribution in [0.3, 0.4) is 0 Å². The highest BCUT2D eigenvalue weighted by Gasteiger charge is 2.25. The van der Waals surface area contributed by atoms with E-state index >= 15 is 0 Å². The molecule has 5 nitrogen and oxygen atoms in total. The number of ether oxygens (including phenoxy) is 1. The number of sulfonamides is 1. The molecule has 0 saturated heterocycles. The highest BCUT2D eigenvalue weighted by molar-refractivity contribution is 7.92. The quantitative estimate of drug-likeness (QED) is 0.879. The van der Waals surface area contributed by atoms with Crippen LogP contribution in [0.5, 0.6) is 5.75 Å². The van der Waals surface area contributed by atoms with Crippen molar-refractivity contribution in [2.45, 2.75) is 4.90 Å². The van der Waals surface area contributed by atoms with Crippen molar-refractivity contribution >= 4 is 21.4 Å². The molecular weight excluding hydrogens is 295 g/mol. The zero-order valence-corrected chi connectivity index (χ0v) is 12.4. The SMILES string of the molecule is COc1cc(N)ccc1S(=O)(=O)N(C)c1ccc(F)cc1. The van der Waals surface area contributed by atoms with Crippen LogP contribution in [0.15, 0.2) is 47.4 Å². The predicted octanol–water partition coefficient (Wildman–Crippen LogP) is 2.24. The van der Waals surface area contributed by atoms with Crippen molar-refractivity contribution in [3.05, 3.63) is 48.3 Å². The minimum Gasteiger partial charge on any atom is -0.495 e. The standard InChI is InChI=1S/C14H15FN2O3S/c1-17(12-6-3-10(15)4-7-12)21(18,19)14-8-5-11(16)9-13(14)20-2/h3-9H,16H2,1-2H3. The van der Waals surface area contributed by atoms with Crippen LogP contribution in [0.25, 0.3) is 0 Å². The van der Waals surface area contributed by atoms with Gasteiger partial charge in [-0.3, -0.25) is 4.31 Å². The smallest absolute Gasteiger partial charge is 0.267 e. The topological polar surface area (TPSA) is 72.6 Å². The molecule has 0 aliphatic rings. The van der Waals surface area contributed by atoms with Crippen LogP contribution >= 0.6 is 0 Å². The first-order valence-corrected chi connectivity index (χ1v) is 7.48. The maximum absolute atomic E-state index is 12.9. The van der Waals surface area contributed by atoms with Gasteiger partial charge in [0.1, 0.15) is 16.5 Å². The van der Waals surface area contributed by atoms with E-state index in [2.05, 4.69) is 0 Å². The van der Waals surface area contributed by atoms with Gasteiger partial charge in [-0.25, -0.2) is 12.8 Å². The third kappa shape index (κ3) is 2.92. The molecule has 0 radical (unpaired) electrons. The Kier molecular flexibility index (Phi) is 4.04. The Balaban J connectivity index is 2.49. The molecule has 0 saturated carbocycles. The molecule has 2 aromatic carbocycles. The van der Waals surface area contributed by atoms with Crippen LogP contribution in [0.4, 0.5) is 15.8 Å². The van der Waals surface area contributed by atoms with Gasteiger partial charge in [-0.05, 0) is 36.4 Å². The van der Waals surface area contributed by atoms with Crippen molar-refractivity contribution in [3.8, 4) is 5.75 Å². The fourth-order valence-electron chi connectivity index (χ4n) is 1.83. The molecular formula is C14H15FN2O3S. The number of benzene rings is 2. The molecule has 0 spiro atoms. The zero-order chi connectivity index (χ0) is 15.6. The summed E-state index contributed by atoms with van der Waals surface area (Å²) >= 11 is 0. The second kappa shape index (κ2) is 5.61. The Morgan fingerprint density at radius 1 is 1.14 bits per heavy atom. The van der Waals surface area contributed by atoms with Crippen LogP contribution in [-0.4, -0.2) is 22.6 Å². The maximum Gasteiger partial charge on any atom is 0.267 e. The van der Waals surface area contributed by atoms with Gasteiger partial charge in [-0.1, -0.05) is 0 Å². The first kappa shape index (κ1) is 15.1. The second-order valence-corrected chi connectivity index (χ2v) is 6.30. The fraction of sp³-hybridized carbons (Fsp3) is 0.143. The van der Waals surface area contributed by atoms with Crippen LogP contribution in [-0.2, 0) is 10.0 Å². The van der Waals surface area contributed by atoms with Crippen LogP contribution < -0.4 is 14.8 Å². The molecule has 2 N–H and O–H groups in total. The molecule has 0 bridgehead atoms. The van der Waals surface area contributed by atoms with Crippen molar-refractivity contribution in [2.75, 3.05) is 24.2 Å². The summed E-state index contributed by atoms with van der Waals surface area (Å²) in [5.74, 6) is -0.279. The summed E-state index contributed by atoms with van der Waals surface area (Å²) in [6, 6.07) is 9.46. The summed E-state index contributed by atoms with van der Waals surface area (Å²) in [4.78, 5) is -0.00831. The van der Waals surface area contributed by atoms with E-state index in [1.807, 2.05) is 0 Å². The van der Waals surface area contributed by atoms with Gasteiger partial charge >= 0.3 is 0 Å². The van der Waals surface area contributed by atoms with E-state index in [0.717, 1.165) is 4.31 Å². The van der Waals surface area contributed by atoms with Gasteiger partial charge in [0.2, 0.25) is 0 Å². The molecule has 0 unspecified atom stereocenters. The first-order valence-electron chi connectivity index (χ1n) is 6.04. The minimum absolute atomic E-state index is 0.00831. The van der Waals surface area contributed by atoms with Crippen molar-refractivity contribution in [3.63, 3.8) is 0 Å². The number of rotatable bonds is 4. The van der Waals surface area contributed by atoms with Crippen molar-refractivity contribution in [1.82, 2.24) is 0 Å². The summed E-state index contributed by atoms with van der Waals surface area (Å²) in [6.07, 6.45) is 0. The van der Waals surface area contributed by atoms with E-state index in [-0.39, 0.29) is 10.6 Å². The zero-order valence-electron chi connectivity index (χ0n) is 11.6. The minimum atomic E-state index is -3.83. The third-order valence-electron chi connectivity index (χ3n) is 3.02. The van der Waals surface area contributed by atoms with Crippen LogP contribution in [0.2, 0.25) is 0 Å². The average Bonchev–Trinajstić information content (AvgIpc) is 2.46. The van der Waals surface area contributed by atoms with Gasteiger partial charge in [0.25, 0.3) is 10.0 Å². The highest BCUT2D eigenvalue weighted by atomic mass is 32.2. The Morgan fingerprint density at radius 2 is 1.76 bits per heavy atom. The summed E-state index contributed by atoms with van der Waals surface area (Å²) < 4.78 is 44.3. The molecule has 0 fully saturated rings. The summed E-state index contributed by atoms with van der Waals surface area (Å²) in [6.45, 7) is 0. The first-order chi connectivity index (χ1) is 9.86. The molecule has 0 aliphatic heterocycles. The molecule has 0 amide bonds. The highest BCUT2D eigenvalue weighted by Crippen LogP contribution is 2.30. The van der Waals surface area contributed by atoms with Crippen LogP contribution in [0.1, 0.15) is 0 Å². The number of anilines is 2. The number of halogens is 1. The summed E-state index contributed by atoms with van der Waals surface area (Å²) in [5.41, 5.74) is 6.36. The average molecular weight is 310 g/mol. The molecule has 7 heteroatoms. The Hall–Kier alpha value is -2.28. The molecule has 2 aromatic rings. The second-order valence-electron chi connectivity index (χ2n) is 4.36. The molecule has 112 valence electrons. The number of methoxy groups -OCH3 is 1. The third-order valence-corrected chi connectivity index (χ3v) is 4.84. The Labute approximate surface area is 122 Å². The van der Waals surface area contributed by atoms with E-state index < -0.39 is 15.8 Å². The van der Waals surface area contributed by atoms with Gasteiger partial charge in [0, 0.05) is 18.8 Å². The lowest BCUT2D eigenvalue weighted by Gasteiger charge is -2.21. The lowest BCUT2D eigenvalue weighted by Crippen LogP contribution is -2.27. The van der Waals surface area contributed by atoms with Gasteiger partial charge < -0.3 is 10.5 Å². The van der Waals surface area contributed by atoms with Crippen molar-refractivity contribution in [1.29, 1.82) is 0 Å². The van der Waals surface area contributed by atoms with Gasteiger partial charge in [0.05, 0.1) is 12.8 Å². The largest absolute Gasteiger partial charge is 0.495 e. The molecule has 2 rings (SSSR count). The Bertz CT molecular complexity index is 745. The maximum atomic E-state index is 12.9. The lowest BCUT2D eigenvalue weighted by atomic mass is 10.3.